The number of aryl methyl sites for hydroxylation is 1. The van der Waals surface area contributed by atoms with Crippen LogP contribution in [0.5, 0.6) is 0 Å². The number of hydrogen-bond acceptors (Lipinski definition) is 3. The summed E-state index contributed by atoms with van der Waals surface area (Å²) in [7, 11) is 0. The molecule has 12 heavy (non-hydrogen) atoms. The average Bonchev–Trinajstić information content (AvgIpc) is 2.46. The van der Waals surface area contributed by atoms with E-state index in [2.05, 4.69) is 23.9 Å². The number of hydrogen-bond donors (Lipinski definition) is 0. The van der Waals surface area contributed by atoms with Crippen LogP contribution in [-0.4, -0.2) is 21.5 Å². The smallest absolute Gasteiger partial charge is 0.168 e. The Labute approximate surface area is 71.5 Å². The summed E-state index contributed by atoms with van der Waals surface area (Å²) in [5.74, 6) is 2.23. The average molecular weight is 167 g/mol. The Morgan fingerprint density at radius 1 is 1.50 bits per heavy atom. The second-order valence-corrected chi connectivity index (χ2v) is 3.35. The van der Waals surface area contributed by atoms with Crippen LogP contribution in [0.3, 0.4) is 0 Å². The van der Waals surface area contributed by atoms with Gasteiger partial charge in [0.1, 0.15) is 6.61 Å². The molecule has 0 aliphatic carbocycles. The monoisotopic (exact) mass is 167 g/mol. The lowest BCUT2D eigenvalue weighted by Crippen LogP contribution is -2.23. The molecule has 0 atom stereocenters. The molecule has 0 radical (unpaired) electrons. The molecule has 4 heteroatoms. The maximum absolute atomic E-state index is 5.30. The third-order valence-electron chi connectivity index (χ3n) is 1.93. The molecule has 0 unspecified atom stereocenters. The van der Waals surface area contributed by atoms with E-state index >= 15 is 0 Å². The van der Waals surface area contributed by atoms with E-state index in [9.17, 15) is 0 Å². The molecule has 1 aromatic rings. The fourth-order valence-corrected chi connectivity index (χ4v) is 1.23. The molecule has 0 saturated heterocycles. The third-order valence-corrected chi connectivity index (χ3v) is 1.93. The molecule has 2 heterocycles. The van der Waals surface area contributed by atoms with Crippen molar-refractivity contribution in [2.24, 2.45) is 0 Å². The maximum atomic E-state index is 5.30. The zero-order valence-electron chi connectivity index (χ0n) is 7.45. The van der Waals surface area contributed by atoms with Crippen molar-refractivity contribution in [3.63, 3.8) is 0 Å². The van der Waals surface area contributed by atoms with Gasteiger partial charge >= 0.3 is 0 Å². The van der Waals surface area contributed by atoms with Crippen LogP contribution in [0.15, 0.2) is 0 Å². The summed E-state index contributed by atoms with van der Waals surface area (Å²) in [5.41, 5.74) is 0. The molecule has 0 amide bonds. The minimum Gasteiger partial charge on any atom is -0.395 e. The molecule has 1 aromatic heterocycles. The van der Waals surface area contributed by atoms with Crippen LogP contribution in [0.4, 0.5) is 0 Å². The summed E-state index contributed by atoms with van der Waals surface area (Å²) in [5, 5.41) is 4.23. The van der Waals surface area contributed by atoms with Gasteiger partial charge in [-0.15, -0.1) is 5.10 Å². The van der Waals surface area contributed by atoms with Gasteiger partial charge in [-0.2, -0.15) is 0 Å². The maximum Gasteiger partial charge on any atom is 0.168 e. The summed E-state index contributed by atoms with van der Waals surface area (Å²) in [4.78, 5) is 11.2. The van der Waals surface area contributed by atoms with Crippen LogP contribution in [0.25, 0.3) is 0 Å². The van der Waals surface area contributed by atoms with Gasteiger partial charge in [-0.3, -0.25) is 0 Å². The molecule has 0 bridgehead atoms. The van der Waals surface area contributed by atoms with Gasteiger partial charge in [-0.25, -0.2) is 4.98 Å². The third kappa shape index (κ3) is 1.17. The van der Waals surface area contributed by atoms with Gasteiger partial charge in [0.15, 0.2) is 11.6 Å². The van der Waals surface area contributed by atoms with E-state index in [4.69, 9.17) is 4.84 Å². The minimum atomic E-state index is 0.381. The second-order valence-electron chi connectivity index (χ2n) is 3.35. The van der Waals surface area contributed by atoms with E-state index in [0.29, 0.717) is 5.92 Å². The zero-order valence-corrected chi connectivity index (χ0v) is 7.45. The SMILES string of the molecule is CC(C)c1nc2n(n1)OCCC2. The molecule has 0 saturated carbocycles. The van der Waals surface area contributed by atoms with E-state index in [1.165, 1.54) is 0 Å². The van der Waals surface area contributed by atoms with Crippen LogP contribution in [-0.2, 0) is 6.42 Å². The van der Waals surface area contributed by atoms with Crippen LogP contribution in [0.2, 0.25) is 0 Å². The molecule has 4 nitrogen and oxygen atoms in total. The number of nitrogens with zero attached hydrogens (tertiary/aromatic N) is 3. The van der Waals surface area contributed by atoms with Crippen LogP contribution in [0, 0.1) is 0 Å². The highest BCUT2D eigenvalue weighted by atomic mass is 16.7. The second kappa shape index (κ2) is 2.77. The van der Waals surface area contributed by atoms with Gasteiger partial charge in [-0.05, 0) is 6.42 Å². The van der Waals surface area contributed by atoms with Gasteiger partial charge in [-0.1, -0.05) is 18.7 Å². The van der Waals surface area contributed by atoms with E-state index in [0.717, 1.165) is 31.1 Å². The highest BCUT2D eigenvalue weighted by molar-refractivity contribution is 4.97. The number of aromatic nitrogens is 3. The molecule has 0 spiro atoms. The molecule has 1 aliphatic rings. The topological polar surface area (TPSA) is 39.9 Å². The van der Waals surface area contributed by atoms with Crippen LogP contribution >= 0.6 is 0 Å². The van der Waals surface area contributed by atoms with Gasteiger partial charge in [0, 0.05) is 12.3 Å². The first-order valence-corrected chi connectivity index (χ1v) is 4.36. The van der Waals surface area contributed by atoms with Gasteiger partial charge < -0.3 is 4.84 Å². The molecule has 0 aromatic carbocycles. The Morgan fingerprint density at radius 3 is 3.00 bits per heavy atom. The van der Waals surface area contributed by atoms with Crippen molar-refractivity contribution in [1.29, 1.82) is 0 Å². The van der Waals surface area contributed by atoms with E-state index in [1.54, 1.807) is 4.85 Å². The summed E-state index contributed by atoms with van der Waals surface area (Å²) in [6.07, 6.45) is 2.04. The van der Waals surface area contributed by atoms with E-state index in [1.807, 2.05) is 0 Å². The lowest BCUT2D eigenvalue weighted by molar-refractivity contribution is 0.0533. The summed E-state index contributed by atoms with van der Waals surface area (Å²) >= 11 is 0. The van der Waals surface area contributed by atoms with Crippen molar-refractivity contribution in [3.05, 3.63) is 11.6 Å². The van der Waals surface area contributed by atoms with Gasteiger partial charge in [0.05, 0.1) is 0 Å². The van der Waals surface area contributed by atoms with Gasteiger partial charge in [0.25, 0.3) is 0 Å². The van der Waals surface area contributed by atoms with E-state index in [-0.39, 0.29) is 0 Å². The highest BCUT2D eigenvalue weighted by Gasteiger charge is 2.16. The number of fused-ring (bicyclic) bond motifs is 1. The largest absolute Gasteiger partial charge is 0.395 e. The van der Waals surface area contributed by atoms with Crippen molar-refractivity contribution >= 4 is 0 Å². The van der Waals surface area contributed by atoms with Crippen LogP contribution < -0.4 is 4.84 Å². The molecular weight excluding hydrogens is 154 g/mol. The minimum absolute atomic E-state index is 0.381. The Kier molecular flexibility index (Phi) is 1.75. The molecule has 66 valence electrons. The van der Waals surface area contributed by atoms with Crippen molar-refractivity contribution in [2.75, 3.05) is 6.61 Å². The summed E-state index contributed by atoms with van der Waals surface area (Å²) in [6, 6.07) is 0. The standard InChI is InChI=1S/C8H13N3O/c1-6(2)8-9-7-4-3-5-12-11(7)10-8/h6H,3-5H2,1-2H3. The quantitative estimate of drug-likeness (QED) is 0.620. The predicted molar refractivity (Wildman–Crippen MR) is 43.9 cm³/mol. The molecule has 2 rings (SSSR count). The number of rotatable bonds is 1. The lowest BCUT2D eigenvalue weighted by Gasteiger charge is -2.11. The Hall–Kier alpha value is -1.06. The van der Waals surface area contributed by atoms with Crippen molar-refractivity contribution in [1.82, 2.24) is 14.9 Å². The van der Waals surface area contributed by atoms with Crippen molar-refractivity contribution in [3.8, 4) is 0 Å². The normalized spacial score (nSPS) is 15.9. The highest BCUT2D eigenvalue weighted by Crippen LogP contribution is 2.12. The lowest BCUT2D eigenvalue weighted by atomic mass is 10.2. The Morgan fingerprint density at radius 2 is 2.33 bits per heavy atom. The fraction of sp³-hybridized carbons (Fsp3) is 0.750. The van der Waals surface area contributed by atoms with E-state index < -0.39 is 0 Å². The summed E-state index contributed by atoms with van der Waals surface area (Å²) in [6.45, 7) is 4.93. The molecular formula is C8H13N3O. The Balaban J connectivity index is 2.32. The molecule has 1 aliphatic heterocycles. The predicted octanol–water partition coefficient (Wildman–Crippen LogP) is 0.776. The first-order valence-electron chi connectivity index (χ1n) is 4.36. The Bertz CT molecular complexity index is 256. The molecule has 0 fully saturated rings. The fourth-order valence-electron chi connectivity index (χ4n) is 1.23. The van der Waals surface area contributed by atoms with Gasteiger partial charge in [0.2, 0.25) is 0 Å². The zero-order chi connectivity index (χ0) is 8.55. The summed E-state index contributed by atoms with van der Waals surface area (Å²) < 4.78 is 0. The van der Waals surface area contributed by atoms with Crippen molar-refractivity contribution < 1.29 is 4.84 Å². The van der Waals surface area contributed by atoms with Crippen molar-refractivity contribution in [2.45, 2.75) is 32.6 Å². The first-order chi connectivity index (χ1) is 5.77. The molecule has 0 N–H and O–H groups in total. The first kappa shape index (κ1) is 7.58. The van der Waals surface area contributed by atoms with Crippen LogP contribution in [0.1, 0.15) is 37.8 Å².